The summed E-state index contributed by atoms with van der Waals surface area (Å²) in [6.07, 6.45) is -1.51. The van der Waals surface area contributed by atoms with Crippen LogP contribution in [0.2, 0.25) is 0 Å². The predicted octanol–water partition coefficient (Wildman–Crippen LogP) is 4.65. The minimum absolute atomic E-state index is 0.0343. The van der Waals surface area contributed by atoms with E-state index in [1.54, 1.807) is 25.4 Å². The second-order valence-electron chi connectivity index (χ2n) is 7.91. The van der Waals surface area contributed by atoms with E-state index in [-0.39, 0.29) is 11.7 Å². The van der Waals surface area contributed by atoms with Gasteiger partial charge in [0.25, 0.3) is 5.91 Å². The van der Waals surface area contributed by atoms with Crippen LogP contribution in [-0.2, 0) is 16.8 Å². The molecule has 3 aromatic rings. The van der Waals surface area contributed by atoms with Gasteiger partial charge in [0.2, 0.25) is 0 Å². The third-order valence-corrected chi connectivity index (χ3v) is 6.80. The van der Waals surface area contributed by atoms with Crippen molar-refractivity contribution in [2.24, 2.45) is 0 Å². The van der Waals surface area contributed by atoms with Crippen LogP contribution in [0.4, 0.5) is 24.8 Å². The number of methoxy groups -OCH3 is 1. The maximum Gasteiger partial charge on any atom is 0.408 e. The van der Waals surface area contributed by atoms with Gasteiger partial charge in [-0.3, -0.25) is 4.79 Å². The maximum atomic E-state index is 12.9. The maximum absolute atomic E-state index is 12.9. The normalized spacial score (nSPS) is 15.3. The highest BCUT2D eigenvalue weighted by Crippen LogP contribution is 2.46. The molecular weight excluding hydrogens is 443 g/mol. The molecule has 0 unspecified atom stereocenters. The lowest BCUT2D eigenvalue weighted by molar-refractivity contribution is -0.142. The van der Waals surface area contributed by atoms with Crippen molar-refractivity contribution in [3.05, 3.63) is 47.1 Å². The number of alkyl halides is 3. The molecule has 1 N–H and O–H groups in total. The van der Waals surface area contributed by atoms with Gasteiger partial charge in [-0.05, 0) is 37.6 Å². The molecule has 4 heterocycles. The Morgan fingerprint density at radius 2 is 2.00 bits per heavy atom. The Morgan fingerprint density at radius 3 is 2.69 bits per heavy atom. The van der Waals surface area contributed by atoms with Gasteiger partial charge in [0.05, 0.1) is 23.9 Å². The largest absolute Gasteiger partial charge is 0.408 e. The number of ether oxygens (including phenoxy) is 1. The zero-order chi connectivity index (χ0) is 23.1. The Labute approximate surface area is 186 Å². The molecule has 1 aliphatic rings. The van der Waals surface area contributed by atoms with Crippen molar-refractivity contribution in [2.75, 3.05) is 25.6 Å². The van der Waals surface area contributed by atoms with Crippen LogP contribution in [0.25, 0.3) is 10.4 Å². The molecule has 0 atom stereocenters. The third kappa shape index (κ3) is 4.22. The van der Waals surface area contributed by atoms with E-state index in [9.17, 15) is 18.0 Å². The first kappa shape index (κ1) is 22.3. The van der Waals surface area contributed by atoms with Crippen LogP contribution < -0.4 is 5.32 Å². The topological polar surface area (TPSA) is 72.3 Å². The molecule has 7 nitrogen and oxygen atoms in total. The number of amides is 1. The summed E-state index contributed by atoms with van der Waals surface area (Å²) < 4.78 is 44.2. The Balaban J connectivity index is 1.58. The lowest BCUT2D eigenvalue weighted by atomic mass is 10.0. The van der Waals surface area contributed by atoms with Gasteiger partial charge in [0.1, 0.15) is 18.2 Å². The zero-order valence-electron chi connectivity index (χ0n) is 17.7. The first-order chi connectivity index (χ1) is 15.1. The van der Waals surface area contributed by atoms with Crippen LogP contribution in [0.15, 0.2) is 36.7 Å². The van der Waals surface area contributed by atoms with Gasteiger partial charge >= 0.3 is 6.18 Å². The molecule has 0 spiro atoms. The fourth-order valence-corrected chi connectivity index (χ4v) is 5.01. The van der Waals surface area contributed by atoms with Crippen molar-refractivity contribution in [3.63, 3.8) is 0 Å². The van der Waals surface area contributed by atoms with Gasteiger partial charge in [-0.25, -0.2) is 9.67 Å². The Morgan fingerprint density at radius 1 is 1.22 bits per heavy atom. The molecule has 0 saturated heterocycles. The van der Waals surface area contributed by atoms with E-state index in [0.717, 1.165) is 20.0 Å². The van der Waals surface area contributed by atoms with Crippen molar-refractivity contribution in [3.8, 4) is 10.4 Å². The second-order valence-corrected chi connectivity index (χ2v) is 8.96. The monoisotopic (exact) mass is 465 g/mol. The number of fused-ring (bicyclic) bond motifs is 1. The number of hydrogen-bond acceptors (Lipinski definition) is 6. The fourth-order valence-electron chi connectivity index (χ4n) is 3.75. The Bertz CT molecular complexity index is 1140. The van der Waals surface area contributed by atoms with Gasteiger partial charge in [0.15, 0.2) is 0 Å². The van der Waals surface area contributed by atoms with E-state index < -0.39 is 18.3 Å². The second kappa shape index (κ2) is 8.21. The molecule has 11 heteroatoms. The van der Waals surface area contributed by atoms with E-state index in [1.807, 2.05) is 24.8 Å². The number of carbonyl (C=O) groups is 1. The predicted molar refractivity (Wildman–Crippen MR) is 115 cm³/mol. The Hall–Kier alpha value is -2.92. The lowest BCUT2D eigenvalue weighted by Crippen LogP contribution is -2.41. The van der Waals surface area contributed by atoms with Gasteiger partial charge in [-0.15, -0.1) is 11.3 Å². The highest BCUT2D eigenvalue weighted by molar-refractivity contribution is 7.16. The first-order valence-corrected chi connectivity index (χ1v) is 10.7. The van der Waals surface area contributed by atoms with Crippen molar-refractivity contribution < 1.29 is 22.7 Å². The van der Waals surface area contributed by atoms with Crippen LogP contribution in [0.5, 0.6) is 0 Å². The number of nitrogens with zero attached hydrogens (tertiary/aromatic N) is 4. The molecule has 1 aliphatic heterocycles. The van der Waals surface area contributed by atoms with Gasteiger partial charge in [0, 0.05) is 35.7 Å². The molecular formula is C21H22F3N5O2S. The highest BCUT2D eigenvalue weighted by atomic mass is 32.1. The number of aromatic nitrogens is 3. The summed E-state index contributed by atoms with van der Waals surface area (Å²) in [6, 6.07) is 6.87. The standard InChI is InChI=1S/C21H22F3N5O2S/c1-20(2)18-14(19(30)28(20)8-9-31-3)11-15(32-18)13-4-6-25-16(10-13)27-17-5-7-26-29(17)12-21(22,23)24/h4-7,10-11H,8-9,12H2,1-3H3,(H,25,27). The van der Waals surface area contributed by atoms with Crippen LogP contribution in [0.3, 0.4) is 0 Å². The first-order valence-electron chi connectivity index (χ1n) is 9.87. The number of thiophene rings is 1. The summed E-state index contributed by atoms with van der Waals surface area (Å²) in [5, 5.41) is 6.62. The average molecular weight is 466 g/mol. The number of nitrogens with one attached hydrogen (secondary N) is 1. The minimum atomic E-state index is -4.38. The number of pyridine rings is 1. The zero-order valence-corrected chi connectivity index (χ0v) is 18.5. The van der Waals surface area contributed by atoms with E-state index >= 15 is 0 Å². The van der Waals surface area contributed by atoms with Gasteiger partial charge < -0.3 is 15.0 Å². The number of hydrogen-bond donors (Lipinski definition) is 1. The van der Waals surface area contributed by atoms with E-state index in [1.165, 1.54) is 23.6 Å². The van der Waals surface area contributed by atoms with E-state index in [0.29, 0.717) is 24.5 Å². The summed E-state index contributed by atoms with van der Waals surface area (Å²) in [4.78, 5) is 20.8. The molecule has 0 fully saturated rings. The number of carbonyl (C=O) groups excluding carboxylic acids is 1. The lowest BCUT2D eigenvalue weighted by Gasteiger charge is -2.32. The fraction of sp³-hybridized carbons (Fsp3) is 0.381. The molecule has 170 valence electrons. The van der Waals surface area contributed by atoms with Crippen LogP contribution in [0, 0.1) is 0 Å². The summed E-state index contributed by atoms with van der Waals surface area (Å²) in [7, 11) is 1.60. The van der Waals surface area contributed by atoms with E-state index in [2.05, 4.69) is 15.4 Å². The average Bonchev–Trinajstić information content (AvgIpc) is 3.38. The summed E-state index contributed by atoms with van der Waals surface area (Å²) in [5.74, 6) is 0.533. The molecule has 1 amide bonds. The summed E-state index contributed by atoms with van der Waals surface area (Å²) in [6.45, 7) is 3.79. The van der Waals surface area contributed by atoms with E-state index in [4.69, 9.17) is 4.74 Å². The molecule has 32 heavy (non-hydrogen) atoms. The molecule has 0 saturated carbocycles. The number of rotatable bonds is 7. The molecule has 0 radical (unpaired) electrons. The summed E-state index contributed by atoms with van der Waals surface area (Å²) in [5.41, 5.74) is 1.03. The smallest absolute Gasteiger partial charge is 0.383 e. The SMILES string of the molecule is COCCN1C(=O)c2cc(-c3ccnc(Nc4ccnn4CC(F)(F)F)c3)sc2C1(C)C. The molecule has 0 aliphatic carbocycles. The molecule has 3 aromatic heterocycles. The van der Waals surface area contributed by atoms with Crippen LogP contribution in [0.1, 0.15) is 29.1 Å². The minimum Gasteiger partial charge on any atom is -0.383 e. The van der Waals surface area contributed by atoms with Crippen molar-refractivity contribution in [1.82, 2.24) is 19.7 Å². The molecule has 0 bridgehead atoms. The summed E-state index contributed by atoms with van der Waals surface area (Å²) >= 11 is 1.53. The van der Waals surface area contributed by atoms with Gasteiger partial charge in [-0.2, -0.15) is 18.3 Å². The number of halogens is 3. The van der Waals surface area contributed by atoms with Gasteiger partial charge in [-0.1, -0.05) is 0 Å². The Kier molecular flexibility index (Phi) is 5.72. The van der Waals surface area contributed by atoms with Crippen molar-refractivity contribution >= 4 is 28.9 Å². The molecule has 0 aromatic carbocycles. The molecule has 4 rings (SSSR count). The van der Waals surface area contributed by atoms with Crippen LogP contribution in [-0.4, -0.2) is 52.0 Å². The third-order valence-electron chi connectivity index (χ3n) is 5.30. The van der Waals surface area contributed by atoms with Crippen molar-refractivity contribution in [1.29, 1.82) is 0 Å². The van der Waals surface area contributed by atoms with Crippen LogP contribution >= 0.6 is 11.3 Å². The number of anilines is 2. The quantitative estimate of drug-likeness (QED) is 0.550. The van der Waals surface area contributed by atoms with Crippen molar-refractivity contribution in [2.45, 2.75) is 32.1 Å². The highest BCUT2D eigenvalue weighted by Gasteiger charge is 2.44.